The number of hydrogen-bond donors (Lipinski definition) is 2. The minimum absolute atomic E-state index is 0.00443. The van der Waals surface area contributed by atoms with Gasteiger partial charge in [-0.3, -0.25) is 9.59 Å². The van der Waals surface area contributed by atoms with E-state index in [4.69, 9.17) is 9.47 Å². The van der Waals surface area contributed by atoms with Gasteiger partial charge in [0.25, 0.3) is 5.91 Å². The number of thiazole rings is 1. The molecule has 0 radical (unpaired) electrons. The van der Waals surface area contributed by atoms with E-state index < -0.39 is 5.97 Å². The van der Waals surface area contributed by atoms with E-state index in [0.717, 1.165) is 29.3 Å². The van der Waals surface area contributed by atoms with Crippen molar-refractivity contribution in [3.63, 3.8) is 0 Å². The maximum Gasteiger partial charge on any atom is 0.354 e. The largest absolute Gasteiger partial charge is 0.460 e. The molecule has 2 N–H and O–H groups in total. The second-order valence-corrected chi connectivity index (χ2v) is 12.8. The maximum atomic E-state index is 12.2. The Labute approximate surface area is 281 Å². The van der Waals surface area contributed by atoms with Gasteiger partial charge in [-0.05, 0) is 45.1 Å². The van der Waals surface area contributed by atoms with Gasteiger partial charge in [-0.15, -0.1) is 11.3 Å². The van der Waals surface area contributed by atoms with Gasteiger partial charge in [0.2, 0.25) is 0 Å². The zero-order chi connectivity index (χ0) is 35.1. The summed E-state index contributed by atoms with van der Waals surface area (Å²) < 4.78 is 9.98. The second-order valence-electron chi connectivity index (χ2n) is 11.9. The van der Waals surface area contributed by atoms with Crippen molar-refractivity contribution in [3.8, 4) is 0 Å². The maximum absolute atomic E-state index is 12.2. The molecule has 0 unspecified atom stereocenters. The fraction of sp³-hybridized carbons (Fsp3) is 0.514. The van der Waals surface area contributed by atoms with Crippen molar-refractivity contribution in [2.45, 2.75) is 119 Å². The van der Waals surface area contributed by atoms with Gasteiger partial charge in [-0.1, -0.05) is 116 Å². The number of amides is 1. The van der Waals surface area contributed by atoms with Crippen LogP contribution in [0.3, 0.4) is 0 Å². The second kappa shape index (κ2) is 23.6. The van der Waals surface area contributed by atoms with Crippen LogP contribution in [0.1, 0.15) is 121 Å². The number of ether oxygens (including phenoxy) is 2. The number of aryl methyl sites for hydroxylation is 1. The molecule has 8 nitrogen and oxygen atoms in total. The number of carbonyl (C=O) groups is 3. The smallest absolute Gasteiger partial charge is 0.354 e. The fourth-order valence-electron chi connectivity index (χ4n) is 4.23. The van der Waals surface area contributed by atoms with E-state index in [0.29, 0.717) is 5.69 Å². The summed E-state index contributed by atoms with van der Waals surface area (Å²) in [6.07, 6.45) is 10.2. The van der Waals surface area contributed by atoms with Crippen molar-refractivity contribution in [2.24, 2.45) is 5.92 Å². The van der Waals surface area contributed by atoms with Crippen molar-refractivity contribution in [3.05, 3.63) is 88.8 Å². The van der Waals surface area contributed by atoms with E-state index in [-0.39, 0.29) is 41.2 Å². The van der Waals surface area contributed by atoms with Crippen LogP contribution in [0, 0.1) is 5.92 Å². The van der Waals surface area contributed by atoms with Crippen LogP contribution in [0.2, 0.25) is 0 Å². The number of nitrogens with one attached hydrogen (secondary N) is 2. The highest BCUT2D eigenvalue weighted by Gasteiger charge is 2.15. The van der Waals surface area contributed by atoms with Gasteiger partial charge in [0, 0.05) is 12.3 Å². The summed E-state index contributed by atoms with van der Waals surface area (Å²) in [5.74, 6) is -0.200. The van der Waals surface area contributed by atoms with Gasteiger partial charge in [0.1, 0.15) is 23.6 Å². The predicted molar refractivity (Wildman–Crippen MR) is 190 cm³/mol. The third-order valence-corrected chi connectivity index (χ3v) is 7.09. The Morgan fingerprint density at radius 3 is 1.85 bits per heavy atom. The van der Waals surface area contributed by atoms with Gasteiger partial charge in [0.05, 0.1) is 16.4 Å². The van der Waals surface area contributed by atoms with Crippen molar-refractivity contribution in [1.29, 1.82) is 0 Å². The lowest BCUT2D eigenvalue weighted by Gasteiger charge is -2.17. The number of benzene rings is 1. The van der Waals surface area contributed by atoms with Crippen molar-refractivity contribution < 1.29 is 23.9 Å². The van der Waals surface area contributed by atoms with E-state index in [2.05, 4.69) is 63.0 Å². The number of aromatic nitrogens is 1. The minimum Gasteiger partial charge on any atom is -0.460 e. The molecule has 2 aromatic rings. The van der Waals surface area contributed by atoms with Gasteiger partial charge < -0.3 is 20.1 Å². The summed E-state index contributed by atoms with van der Waals surface area (Å²) >= 11 is 1.44. The molecule has 0 bridgehead atoms. The number of esters is 2. The molecule has 0 saturated heterocycles. The first-order chi connectivity index (χ1) is 21.7. The van der Waals surface area contributed by atoms with E-state index in [1.54, 1.807) is 5.38 Å². The molecule has 9 heteroatoms. The first-order valence-corrected chi connectivity index (χ1v) is 17.1. The van der Waals surface area contributed by atoms with E-state index in [9.17, 15) is 14.4 Å². The van der Waals surface area contributed by atoms with Gasteiger partial charge >= 0.3 is 11.9 Å². The van der Waals surface area contributed by atoms with Gasteiger partial charge in [-0.2, -0.15) is 0 Å². The van der Waals surface area contributed by atoms with Crippen LogP contribution in [0.25, 0.3) is 0 Å². The van der Waals surface area contributed by atoms with Crippen molar-refractivity contribution in [1.82, 2.24) is 15.6 Å². The molecular weight excluding hydrogens is 598 g/mol. The van der Waals surface area contributed by atoms with Crippen LogP contribution in [-0.2, 0) is 32.1 Å². The number of carbonyl (C=O) groups excluding carboxylic acids is 3. The molecule has 0 fully saturated rings. The molecule has 0 aliphatic heterocycles. The van der Waals surface area contributed by atoms with Crippen LogP contribution in [0.4, 0.5) is 0 Å². The molecule has 0 atom stereocenters. The van der Waals surface area contributed by atoms with Crippen molar-refractivity contribution >= 4 is 29.2 Å². The average molecular weight is 656 g/mol. The molecule has 46 heavy (non-hydrogen) atoms. The first-order valence-electron chi connectivity index (χ1n) is 16.2. The number of rotatable bonds is 16. The molecule has 0 aliphatic carbocycles. The minimum atomic E-state index is -0.618. The molecule has 0 aliphatic rings. The Bertz CT molecular complexity index is 1220. The molecule has 1 aromatic heterocycles. The highest BCUT2D eigenvalue weighted by Crippen LogP contribution is 2.18. The lowest BCUT2D eigenvalue weighted by atomic mass is 9.94. The lowest BCUT2D eigenvalue weighted by Crippen LogP contribution is -2.29. The van der Waals surface area contributed by atoms with Crippen molar-refractivity contribution in [2.75, 3.05) is 0 Å². The van der Waals surface area contributed by atoms with Gasteiger partial charge in [0.15, 0.2) is 0 Å². The zero-order valence-corrected chi connectivity index (χ0v) is 30.2. The summed E-state index contributed by atoms with van der Waals surface area (Å²) in [6.45, 7) is 27.2. The van der Waals surface area contributed by atoms with Gasteiger partial charge in [-0.25, -0.2) is 9.78 Å². The SMILES string of the molecule is C=C(NC(=C)C(=O)OCc1ccccc1)C(=C)NC(=O)c1csc(CCC)n1.CC(=O)OC(C)(C)C.CCCC(CCC)CCC. The summed E-state index contributed by atoms with van der Waals surface area (Å²) in [5.41, 5.74) is 1.31. The van der Waals surface area contributed by atoms with Crippen LogP contribution in [0.5, 0.6) is 0 Å². The number of nitrogens with zero attached hydrogens (tertiary/aromatic N) is 1. The first kappa shape index (κ1) is 42.3. The molecular formula is C37H57N3O5S. The standard InChI is InChI=1S/C21H23N3O3S.C10H22.C6H12O2/c1-5-9-19-24-18(13-28-19)20(25)23-15(3)14(2)22-16(4)21(26)27-12-17-10-7-6-8-11-17;1-4-7-10(8-5-2)9-6-3;1-5(7)8-6(2,3)4/h6-8,10-11,13,22H,2-5,9,12H2,1H3,(H,23,25);10H,4-9H2,1-3H3;1-4H3. The Kier molecular flexibility index (Phi) is 21.7. The fourth-order valence-corrected chi connectivity index (χ4v) is 5.11. The summed E-state index contributed by atoms with van der Waals surface area (Å²) in [6, 6.07) is 9.30. The van der Waals surface area contributed by atoms with Crippen LogP contribution in [0.15, 0.2) is 72.5 Å². The summed E-state index contributed by atoms with van der Waals surface area (Å²) in [4.78, 5) is 38.8. The van der Waals surface area contributed by atoms with E-state index in [1.165, 1.54) is 56.8 Å². The Morgan fingerprint density at radius 2 is 1.39 bits per heavy atom. The quantitative estimate of drug-likeness (QED) is 0.106. The monoisotopic (exact) mass is 655 g/mol. The van der Waals surface area contributed by atoms with E-state index >= 15 is 0 Å². The normalized spacial score (nSPS) is 10.4. The Balaban J connectivity index is 0.000000920. The average Bonchev–Trinajstić information content (AvgIpc) is 3.45. The third-order valence-electron chi connectivity index (χ3n) is 6.18. The molecule has 0 spiro atoms. The van der Waals surface area contributed by atoms with E-state index in [1.807, 2.05) is 51.1 Å². The lowest BCUT2D eigenvalue weighted by molar-refractivity contribution is -0.152. The molecule has 0 saturated carbocycles. The summed E-state index contributed by atoms with van der Waals surface area (Å²) in [5, 5.41) is 7.92. The molecule has 2 rings (SSSR count). The van der Waals surface area contributed by atoms with Crippen LogP contribution >= 0.6 is 11.3 Å². The Morgan fingerprint density at radius 1 is 0.848 bits per heavy atom. The highest BCUT2D eigenvalue weighted by atomic mass is 32.1. The Hall–Kier alpha value is -3.72. The predicted octanol–water partition coefficient (Wildman–Crippen LogP) is 9.05. The molecule has 1 amide bonds. The van der Waals surface area contributed by atoms with Crippen LogP contribution in [-0.4, -0.2) is 28.4 Å². The molecule has 1 aromatic carbocycles. The topological polar surface area (TPSA) is 107 Å². The number of hydrogen-bond acceptors (Lipinski definition) is 8. The summed E-state index contributed by atoms with van der Waals surface area (Å²) in [7, 11) is 0. The zero-order valence-electron chi connectivity index (χ0n) is 29.4. The highest BCUT2D eigenvalue weighted by molar-refractivity contribution is 7.09. The molecule has 1 heterocycles. The molecule has 256 valence electrons. The van der Waals surface area contributed by atoms with Crippen LogP contribution < -0.4 is 10.6 Å². The third kappa shape index (κ3) is 20.3.